The Morgan fingerprint density at radius 2 is 1.91 bits per heavy atom. The Kier molecular flexibility index (Phi) is 5.32. The Hall–Kier alpha value is -1.13. The second kappa shape index (κ2) is 7.42. The maximum Gasteiger partial charge on any atom is 0.107 e. The van der Waals surface area contributed by atoms with Crippen LogP contribution < -0.4 is 0 Å². The van der Waals surface area contributed by atoms with E-state index in [0.717, 1.165) is 28.0 Å². The van der Waals surface area contributed by atoms with E-state index in [1.54, 1.807) is 0 Å². The van der Waals surface area contributed by atoms with E-state index in [0.29, 0.717) is 12.3 Å². The van der Waals surface area contributed by atoms with Gasteiger partial charge in [-0.2, -0.15) is 5.10 Å². The molecule has 0 unspecified atom stereocenters. The maximum absolute atomic E-state index is 9.39. The minimum Gasteiger partial charge on any atom is -0.396 e. The van der Waals surface area contributed by atoms with Crippen LogP contribution in [-0.2, 0) is 13.0 Å². The summed E-state index contributed by atoms with van der Waals surface area (Å²) in [5.41, 5.74) is 3.20. The summed E-state index contributed by atoms with van der Waals surface area (Å²) < 4.78 is 3.13. The summed E-state index contributed by atoms with van der Waals surface area (Å²) in [5.74, 6) is 0.692. The quantitative estimate of drug-likeness (QED) is 0.864. The summed E-state index contributed by atoms with van der Waals surface area (Å²) in [6, 6.07) is 10.2. The van der Waals surface area contributed by atoms with Crippen molar-refractivity contribution in [3.63, 3.8) is 0 Å². The minimum atomic E-state index is 0.150. The fraction of sp³-hybridized carbons (Fsp3) is 0.444. The van der Waals surface area contributed by atoms with Gasteiger partial charge in [-0.25, -0.2) is 0 Å². The molecule has 1 fully saturated rings. The van der Waals surface area contributed by atoms with Crippen LogP contribution in [0.2, 0.25) is 0 Å². The van der Waals surface area contributed by atoms with Crippen molar-refractivity contribution in [3.8, 4) is 11.3 Å². The van der Waals surface area contributed by atoms with E-state index >= 15 is 0 Å². The van der Waals surface area contributed by atoms with Gasteiger partial charge < -0.3 is 5.11 Å². The van der Waals surface area contributed by atoms with Gasteiger partial charge in [-0.3, -0.25) is 4.68 Å². The number of aromatic nitrogens is 2. The van der Waals surface area contributed by atoms with E-state index in [9.17, 15) is 5.11 Å². The Morgan fingerprint density at radius 1 is 1.18 bits per heavy atom. The van der Waals surface area contributed by atoms with E-state index < -0.39 is 0 Å². The van der Waals surface area contributed by atoms with Crippen LogP contribution in [0.5, 0.6) is 0 Å². The molecule has 1 saturated carbocycles. The number of halogens is 1. The van der Waals surface area contributed by atoms with E-state index in [4.69, 9.17) is 5.10 Å². The van der Waals surface area contributed by atoms with Crippen molar-refractivity contribution in [2.45, 2.75) is 38.6 Å². The first-order valence-corrected chi connectivity index (χ1v) is 8.82. The second-order valence-electron chi connectivity index (χ2n) is 5.94. The van der Waals surface area contributed by atoms with Gasteiger partial charge in [0.1, 0.15) is 5.69 Å². The molecule has 4 heteroatoms. The highest BCUT2D eigenvalue weighted by atomic mass is 79.9. The highest BCUT2D eigenvalue weighted by Gasteiger charge is 2.20. The Bertz CT molecular complexity index is 603. The molecule has 0 bridgehead atoms. The van der Waals surface area contributed by atoms with Crippen LogP contribution in [0.4, 0.5) is 0 Å². The van der Waals surface area contributed by atoms with Crippen LogP contribution >= 0.6 is 15.9 Å². The number of aliphatic hydroxyl groups is 1. The summed E-state index contributed by atoms with van der Waals surface area (Å²) in [4.78, 5) is 0. The molecule has 0 amide bonds. The normalized spacial score (nSPS) is 16.1. The van der Waals surface area contributed by atoms with Crippen LogP contribution in [0.3, 0.4) is 0 Å². The first-order valence-electron chi connectivity index (χ1n) is 8.02. The van der Waals surface area contributed by atoms with Crippen molar-refractivity contribution in [2.75, 3.05) is 6.61 Å². The largest absolute Gasteiger partial charge is 0.396 e. The molecule has 1 radical (unpaired) electrons. The third kappa shape index (κ3) is 3.44. The lowest BCUT2D eigenvalue weighted by Gasteiger charge is -2.22. The van der Waals surface area contributed by atoms with Gasteiger partial charge >= 0.3 is 0 Å². The van der Waals surface area contributed by atoms with Crippen LogP contribution in [0.25, 0.3) is 11.3 Å². The van der Waals surface area contributed by atoms with Crippen molar-refractivity contribution in [3.05, 3.63) is 46.9 Å². The molecule has 0 atom stereocenters. The molecule has 0 spiro atoms. The molecule has 0 saturated heterocycles. The zero-order valence-electron chi connectivity index (χ0n) is 12.7. The van der Waals surface area contributed by atoms with Crippen molar-refractivity contribution < 1.29 is 5.11 Å². The van der Waals surface area contributed by atoms with E-state index in [1.165, 1.54) is 25.7 Å². The van der Waals surface area contributed by atoms with Crippen LogP contribution in [0, 0.1) is 12.3 Å². The summed E-state index contributed by atoms with van der Waals surface area (Å²) in [7, 11) is 0. The Labute approximate surface area is 140 Å². The Balaban J connectivity index is 1.90. The van der Waals surface area contributed by atoms with Gasteiger partial charge in [0, 0.05) is 25.1 Å². The lowest BCUT2D eigenvalue weighted by atomic mass is 9.89. The van der Waals surface area contributed by atoms with E-state index in [-0.39, 0.29) is 6.61 Å². The van der Waals surface area contributed by atoms with Crippen molar-refractivity contribution in [1.82, 2.24) is 9.78 Å². The molecule has 1 aromatic heterocycles. The monoisotopic (exact) mass is 361 g/mol. The Morgan fingerprint density at radius 3 is 2.59 bits per heavy atom. The van der Waals surface area contributed by atoms with Crippen LogP contribution in [0.1, 0.15) is 31.4 Å². The molecular weight excluding hydrogens is 340 g/mol. The van der Waals surface area contributed by atoms with Gasteiger partial charge in [0.25, 0.3) is 0 Å². The van der Waals surface area contributed by atoms with E-state index in [2.05, 4.69) is 39.2 Å². The van der Waals surface area contributed by atoms with Crippen molar-refractivity contribution in [2.24, 2.45) is 5.92 Å². The third-order valence-electron chi connectivity index (χ3n) is 4.38. The van der Waals surface area contributed by atoms with Crippen LogP contribution in [-0.4, -0.2) is 21.5 Å². The SMILES string of the molecule is OCCc1c(Br)c(-c2ccccc2)nn1CC1CC[CH]CC1. The molecule has 22 heavy (non-hydrogen) atoms. The number of rotatable bonds is 5. The molecule has 117 valence electrons. The molecule has 0 aliphatic heterocycles. The summed E-state index contributed by atoms with van der Waals surface area (Å²) in [6.45, 7) is 1.10. The van der Waals surface area contributed by atoms with Gasteiger partial charge in [-0.15, -0.1) is 0 Å². The predicted molar refractivity (Wildman–Crippen MR) is 92.4 cm³/mol. The van der Waals surface area contributed by atoms with Gasteiger partial charge in [-0.1, -0.05) is 30.3 Å². The molecule has 3 rings (SSSR count). The zero-order chi connectivity index (χ0) is 15.4. The first kappa shape index (κ1) is 15.8. The lowest BCUT2D eigenvalue weighted by molar-refractivity contribution is 0.288. The topological polar surface area (TPSA) is 38.1 Å². The van der Waals surface area contributed by atoms with Crippen molar-refractivity contribution in [1.29, 1.82) is 0 Å². The molecule has 1 aliphatic carbocycles. The minimum absolute atomic E-state index is 0.150. The second-order valence-corrected chi connectivity index (χ2v) is 6.73. The van der Waals surface area contributed by atoms with Gasteiger partial charge in [-0.05, 0) is 54.0 Å². The lowest BCUT2D eigenvalue weighted by Crippen LogP contribution is -2.17. The first-order chi connectivity index (χ1) is 10.8. The molecule has 2 aromatic rings. The zero-order valence-corrected chi connectivity index (χ0v) is 14.3. The molecular formula is C18H22BrN2O. The fourth-order valence-corrected chi connectivity index (χ4v) is 3.89. The number of aliphatic hydroxyl groups excluding tert-OH is 1. The van der Waals surface area contributed by atoms with Gasteiger partial charge in [0.2, 0.25) is 0 Å². The highest BCUT2D eigenvalue weighted by molar-refractivity contribution is 9.10. The van der Waals surface area contributed by atoms with Gasteiger partial charge in [0.15, 0.2) is 0 Å². The van der Waals surface area contributed by atoms with Crippen LogP contribution in [0.15, 0.2) is 34.8 Å². The summed E-state index contributed by atoms with van der Waals surface area (Å²) in [5, 5.41) is 14.2. The molecule has 1 aliphatic rings. The highest BCUT2D eigenvalue weighted by Crippen LogP contribution is 2.32. The average molecular weight is 362 g/mol. The fourth-order valence-electron chi connectivity index (χ4n) is 3.17. The van der Waals surface area contributed by atoms with Crippen molar-refractivity contribution >= 4 is 15.9 Å². The smallest absolute Gasteiger partial charge is 0.107 e. The average Bonchev–Trinajstić information content (AvgIpc) is 2.86. The standard InChI is InChI=1S/C18H22BrN2O/c19-17-16(11-12-22)21(13-14-7-3-1-4-8-14)20-18(17)15-9-5-2-6-10-15/h1-2,5-6,9-10,14,22H,3-4,7-8,11-13H2. The molecule has 3 nitrogen and oxygen atoms in total. The predicted octanol–water partition coefficient (Wildman–Crippen LogP) is 4.24. The number of nitrogens with zero attached hydrogens (tertiary/aromatic N) is 2. The molecule has 1 heterocycles. The van der Waals surface area contributed by atoms with Gasteiger partial charge in [0.05, 0.1) is 10.2 Å². The molecule has 1 N–H and O–H groups in total. The van der Waals surface area contributed by atoms with E-state index in [1.807, 2.05) is 18.2 Å². The number of hydrogen-bond acceptors (Lipinski definition) is 2. The molecule has 1 aromatic carbocycles. The third-order valence-corrected chi connectivity index (χ3v) is 5.21. The number of benzene rings is 1. The maximum atomic E-state index is 9.39. The summed E-state index contributed by atoms with van der Waals surface area (Å²) in [6.07, 6.45) is 7.95. The summed E-state index contributed by atoms with van der Waals surface area (Å²) >= 11 is 3.70. The number of hydrogen-bond donors (Lipinski definition) is 1.